The average Bonchev–Trinajstić information content (AvgIpc) is 2.57. The van der Waals surface area contributed by atoms with Crippen LogP contribution in [0.2, 0.25) is 10.0 Å². The van der Waals surface area contributed by atoms with Crippen molar-refractivity contribution in [1.82, 2.24) is 9.78 Å². The molecule has 0 bridgehead atoms. The van der Waals surface area contributed by atoms with Gasteiger partial charge in [0.15, 0.2) is 0 Å². The summed E-state index contributed by atoms with van der Waals surface area (Å²) in [4.78, 5) is 0. The largest absolute Gasteiger partial charge is 0.383 e. The molecular formula is C13H15Cl2N3. The van der Waals surface area contributed by atoms with Gasteiger partial charge in [-0.1, -0.05) is 43.1 Å². The van der Waals surface area contributed by atoms with Crippen LogP contribution in [0.4, 0.5) is 5.82 Å². The fourth-order valence-electron chi connectivity index (χ4n) is 1.93. The van der Waals surface area contributed by atoms with Crippen molar-refractivity contribution in [3.05, 3.63) is 33.9 Å². The summed E-state index contributed by atoms with van der Waals surface area (Å²) in [6.07, 6.45) is 0. The molecule has 0 atom stereocenters. The number of aryl methyl sites for hydroxylation is 1. The predicted octanol–water partition coefficient (Wildman–Crippen LogP) is 4.10. The number of nitrogens with two attached hydrogens (primary N) is 1. The number of hydrogen-bond donors (Lipinski definition) is 1. The van der Waals surface area contributed by atoms with Gasteiger partial charge in [-0.15, -0.1) is 0 Å². The minimum atomic E-state index is 0.273. The van der Waals surface area contributed by atoms with Crippen molar-refractivity contribution in [2.24, 2.45) is 7.05 Å². The van der Waals surface area contributed by atoms with Crippen LogP contribution in [0.25, 0.3) is 11.1 Å². The molecule has 18 heavy (non-hydrogen) atoms. The number of nitrogen functional groups attached to an aromatic ring is 1. The van der Waals surface area contributed by atoms with Crippen LogP contribution < -0.4 is 5.73 Å². The van der Waals surface area contributed by atoms with Gasteiger partial charge in [-0.25, -0.2) is 0 Å². The Morgan fingerprint density at radius 2 is 1.94 bits per heavy atom. The maximum atomic E-state index is 6.24. The lowest BCUT2D eigenvalue weighted by Gasteiger charge is -2.08. The normalized spacial score (nSPS) is 11.2. The van der Waals surface area contributed by atoms with Crippen molar-refractivity contribution in [1.29, 1.82) is 0 Å². The zero-order valence-corrected chi connectivity index (χ0v) is 12.0. The van der Waals surface area contributed by atoms with Crippen molar-refractivity contribution in [2.75, 3.05) is 5.73 Å². The highest BCUT2D eigenvalue weighted by Gasteiger charge is 2.20. The zero-order valence-electron chi connectivity index (χ0n) is 10.5. The van der Waals surface area contributed by atoms with Crippen LogP contribution in [0.15, 0.2) is 18.2 Å². The van der Waals surface area contributed by atoms with E-state index in [2.05, 4.69) is 18.9 Å². The number of halogens is 2. The second-order valence-corrected chi connectivity index (χ2v) is 5.39. The van der Waals surface area contributed by atoms with E-state index in [1.165, 1.54) is 0 Å². The van der Waals surface area contributed by atoms with Gasteiger partial charge >= 0.3 is 0 Å². The lowest BCUT2D eigenvalue weighted by atomic mass is 9.99. The molecular weight excluding hydrogens is 269 g/mol. The molecule has 0 radical (unpaired) electrons. The minimum Gasteiger partial charge on any atom is -0.383 e. The van der Waals surface area contributed by atoms with Crippen molar-refractivity contribution in [3.63, 3.8) is 0 Å². The monoisotopic (exact) mass is 283 g/mol. The van der Waals surface area contributed by atoms with E-state index in [-0.39, 0.29) is 5.92 Å². The van der Waals surface area contributed by atoms with Crippen LogP contribution in [0.5, 0.6) is 0 Å². The van der Waals surface area contributed by atoms with Crippen molar-refractivity contribution in [3.8, 4) is 11.1 Å². The summed E-state index contributed by atoms with van der Waals surface area (Å²) in [6.45, 7) is 4.16. The first-order valence-electron chi connectivity index (χ1n) is 5.69. The van der Waals surface area contributed by atoms with E-state index in [9.17, 15) is 0 Å². The number of hydrogen-bond acceptors (Lipinski definition) is 2. The molecule has 3 nitrogen and oxygen atoms in total. The Morgan fingerprint density at radius 3 is 2.50 bits per heavy atom. The first kappa shape index (κ1) is 13.2. The summed E-state index contributed by atoms with van der Waals surface area (Å²) in [5.74, 6) is 0.887. The first-order chi connectivity index (χ1) is 8.41. The number of anilines is 1. The third kappa shape index (κ3) is 2.20. The molecule has 0 fully saturated rings. The van der Waals surface area contributed by atoms with Crippen LogP contribution in [-0.2, 0) is 7.05 Å². The van der Waals surface area contributed by atoms with Crippen LogP contribution in [0.3, 0.4) is 0 Å². The smallest absolute Gasteiger partial charge is 0.129 e. The lowest BCUT2D eigenvalue weighted by Crippen LogP contribution is -1.98. The standard InChI is InChI=1S/C13H15Cl2N3/c1-7(2)12-11(13(16)18(3)17-12)9-5-4-8(14)6-10(9)15/h4-7H,16H2,1-3H3. The van der Waals surface area contributed by atoms with Crippen LogP contribution >= 0.6 is 23.2 Å². The molecule has 0 aliphatic heterocycles. The van der Waals surface area contributed by atoms with Crippen LogP contribution in [0.1, 0.15) is 25.5 Å². The zero-order chi connectivity index (χ0) is 13.4. The molecule has 0 spiro atoms. The predicted molar refractivity (Wildman–Crippen MR) is 77.2 cm³/mol. The van der Waals surface area contributed by atoms with Gasteiger partial charge in [0, 0.05) is 23.2 Å². The SMILES string of the molecule is CC(C)c1nn(C)c(N)c1-c1ccc(Cl)cc1Cl. The van der Waals surface area contributed by atoms with Gasteiger partial charge in [0.05, 0.1) is 10.7 Å². The summed E-state index contributed by atoms with van der Waals surface area (Å²) in [7, 11) is 1.83. The van der Waals surface area contributed by atoms with E-state index < -0.39 is 0 Å². The van der Waals surface area contributed by atoms with Crippen molar-refractivity contribution >= 4 is 29.0 Å². The molecule has 0 aliphatic rings. The third-order valence-corrected chi connectivity index (χ3v) is 3.41. The summed E-state index contributed by atoms with van der Waals surface area (Å²) >= 11 is 12.2. The van der Waals surface area contributed by atoms with E-state index in [0.717, 1.165) is 16.8 Å². The molecule has 0 saturated carbocycles. The van der Waals surface area contributed by atoms with Gasteiger partial charge in [0.2, 0.25) is 0 Å². The number of benzene rings is 1. The molecule has 2 aromatic rings. The summed E-state index contributed by atoms with van der Waals surface area (Å²) < 4.78 is 1.68. The average molecular weight is 284 g/mol. The Morgan fingerprint density at radius 1 is 1.28 bits per heavy atom. The Labute approximate surface area is 117 Å². The minimum absolute atomic E-state index is 0.273. The summed E-state index contributed by atoms with van der Waals surface area (Å²) in [6, 6.07) is 5.40. The topological polar surface area (TPSA) is 43.8 Å². The molecule has 0 aliphatic carbocycles. The Bertz CT molecular complexity index is 588. The van der Waals surface area contributed by atoms with Gasteiger partial charge in [0.1, 0.15) is 5.82 Å². The molecule has 0 saturated heterocycles. The van der Waals surface area contributed by atoms with Gasteiger partial charge in [-0.3, -0.25) is 4.68 Å². The Balaban J connectivity index is 2.70. The van der Waals surface area contributed by atoms with E-state index in [1.807, 2.05) is 13.1 Å². The molecule has 1 aromatic carbocycles. The molecule has 5 heteroatoms. The highest BCUT2D eigenvalue weighted by molar-refractivity contribution is 6.36. The fourth-order valence-corrected chi connectivity index (χ4v) is 2.43. The molecule has 0 unspecified atom stereocenters. The second kappa shape index (κ2) is 4.82. The van der Waals surface area contributed by atoms with E-state index in [0.29, 0.717) is 15.9 Å². The van der Waals surface area contributed by atoms with E-state index in [4.69, 9.17) is 28.9 Å². The van der Waals surface area contributed by atoms with Gasteiger partial charge in [0.25, 0.3) is 0 Å². The number of aromatic nitrogens is 2. The Kier molecular flexibility index (Phi) is 3.55. The van der Waals surface area contributed by atoms with Gasteiger partial charge in [-0.05, 0) is 18.1 Å². The second-order valence-electron chi connectivity index (χ2n) is 4.55. The molecule has 2 N–H and O–H groups in total. The maximum Gasteiger partial charge on any atom is 0.129 e. The van der Waals surface area contributed by atoms with Crippen LogP contribution in [0, 0.1) is 0 Å². The fraction of sp³-hybridized carbons (Fsp3) is 0.308. The van der Waals surface area contributed by atoms with Crippen molar-refractivity contribution < 1.29 is 0 Å². The number of nitrogens with zero attached hydrogens (tertiary/aromatic N) is 2. The lowest BCUT2D eigenvalue weighted by molar-refractivity contribution is 0.719. The highest BCUT2D eigenvalue weighted by atomic mass is 35.5. The quantitative estimate of drug-likeness (QED) is 0.902. The number of rotatable bonds is 2. The third-order valence-electron chi connectivity index (χ3n) is 2.87. The van der Waals surface area contributed by atoms with Crippen molar-refractivity contribution in [2.45, 2.75) is 19.8 Å². The maximum absolute atomic E-state index is 6.24. The molecule has 1 aromatic heterocycles. The summed E-state index contributed by atoms with van der Waals surface area (Å²) in [5.41, 5.74) is 8.80. The van der Waals surface area contributed by atoms with E-state index in [1.54, 1.807) is 16.8 Å². The van der Waals surface area contributed by atoms with Gasteiger partial charge < -0.3 is 5.73 Å². The molecule has 0 amide bonds. The first-order valence-corrected chi connectivity index (χ1v) is 6.45. The Hall–Kier alpha value is -1.19. The van der Waals surface area contributed by atoms with Gasteiger partial charge in [-0.2, -0.15) is 5.10 Å². The van der Waals surface area contributed by atoms with E-state index >= 15 is 0 Å². The summed E-state index contributed by atoms with van der Waals surface area (Å²) in [5, 5.41) is 5.65. The molecule has 96 valence electrons. The highest BCUT2D eigenvalue weighted by Crippen LogP contribution is 2.38. The van der Waals surface area contributed by atoms with Crippen LogP contribution in [-0.4, -0.2) is 9.78 Å². The molecule has 1 heterocycles. The molecule has 2 rings (SSSR count).